The van der Waals surface area contributed by atoms with Crippen molar-refractivity contribution in [1.82, 2.24) is 0 Å². The first-order chi connectivity index (χ1) is 7.62. The zero-order valence-electron chi connectivity index (χ0n) is 10.2. The first-order valence-corrected chi connectivity index (χ1v) is 6.06. The van der Waals surface area contributed by atoms with E-state index in [0.29, 0.717) is 5.41 Å². The van der Waals surface area contributed by atoms with Crippen LogP contribution in [0.15, 0.2) is 12.1 Å². The van der Waals surface area contributed by atoms with Crippen LogP contribution in [-0.4, -0.2) is 12.7 Å². The number of rotatable bonds is 2. The molecule has 0 N–H and O–H groups in total. The van der Waals surface area contributed by atoms with Crippen molar-refractivity contribution in [1.29, 1.82) is 0 Å². The second kappa shape index (κ2) is 3.16. The van der Waals surface area contributed by atoms with Crippen molar-refractivity contribution in [2.75, 3.05) is 6.61 Å². The molecule has 3 rings (SSSR count). The first-order valence-electron chi connectivity index (χ1n) is 6.06. The van der Waals surface area contributed by atoms with Crippen LogP contribution in [0.2, 0.25) is 0 Å². The van der Waals surface area contributed by atoms with E-state index in [1.807, 2.05) is 0 Å². The van der Waals surface area contributed by atoms with Crippen LogP contribution in [0.4, 0.5) is 0 Å². The standard InChI is InChI=1S/C14H18O2/c1-9(2)16-11-5-4-10(3)13-12(11)14(6-7-14)8-15-13/h4-5,9H,6-8H2,1-3H3. The fourth-order valence-electron chi connectivity index (χ4n) is 2.54. The Bertz CT molecular complexity index is 431. The van der Waals surface area contributed by atoms with Crippen LogP contribution in [0, 0.1) is 6.92 Å². The molecule has 0 bridgehead atoms. The fraction of sp³-hybridized carbons (Fsp3) is 0.571. The summed E-state index contributed by atoms with van der Waals surface area (Å²) in [7, 11) is 0. The van der Waals surface area contributed by atoms with Gasteiger partial charge in [-0.1, -0.05) is 6.07 Å². The van der Waals surface area contributed by atoms with E-state index in [9.17, 15) is 0 Å². The van der Waals surface area contributed by atoms with E-state index in [1.54, 1.807) is 0 Å². The molecule has 0 saturated heterocycles. The number of hydrogen-bond acceptors (Lipinski definition) is 2. The Labute approximate surface area is 96.6 Å². The van der Waals surface area contributed by atoms with E-state index >= 15 is 0 Å². The van der Waals surface area contributed by atoms with Crippen molar-refractivity contribution in [3.05, 3.63) is 23.3 Å². The molecule has 16 heavy (non-hydrogen) atoms. The third-order valence-electron chi connectivity index (χ3n) is 3.56. The van der Waals surface area contributed by atoms with E-state index in [0.717, 1.165) is 18.1 Å². The van der Waals surface area contributed by atoms with Gasteiger partial charge < -0.3 is 9.47 Å². The maximum absolute atomic E-state index is 5.91. The lowest BCUT2D eigenvalue weighted by Crippen LogP contribution is -2.12. The maximum atomic E-state index is 5.91. The van der Waals surface area contributed by atoms with Crippen molar-refractivity contribution in [3.63, 3.8) is 0 Å². The first kappa shape index (κ1) is 10.0. The number of aryl methyl sites for hydroxylation is 1. The summed E-state index contributed by atoms with van der Waals surface area (Å²) in [6, 6.07) is 4.20. The van der Waals surface area contributed by atoms with Gasteiger partial charge in [-0.25, -0.2) is 0 Å². The van der Waals surface area contributed by atoms with Gasteiger partial charge in [0.25, 0.3) is 0 Å². The summed E-state index contributed by atoms with van der Waals surface area (Å²) in [6.07, 6.45) is 2.72. The zero-order valence-corrected chi connectivity index (χ0v) is 10.2. The Morgan fingerprint density at radius 1 is 1.31 bits per heavy atom. The van der Waals surface area contributed by atoms with Crippen LogP contribution < -0.4 is 9.47 Å². The molecule has 1 saturated carbocycles. The molecule has 2 aliphatic rings. The minimum atomic E-state index is 0.225. The summed E-state index contributed by atoms with van der Waals surface area (Å²) in [5.74, 6) is 2.11. The van der Waals surface area contributed by atoms with Crippen LogP contribution in [0.25, 0.3) is 0 Å². The number of fused-ring (bicyclic) bond motifs is 2. The molecule has 1 spiro atoms. The predicted octanol–water partition coefficient (Wildman–Crippen LogP) is 3.21. The summed E-state index contributed by atoms with van der Waals surface area (Å²) in [4.78, 5) is 0. The fourth-order valence-corrected chi connectivity index (χ4v) is 2.54. The van der Waals surface area contributed by atoms with Crippen LogP contribution in [0.1, 0.15) is 37.8 Å². The highest BCUT2D eigenvalue weighted by molar-refractivity contribution is 5.58. The Kier molecular flexibility index (Phi) is 1.97. The van der Waals surface area contributed by atoms with Gasteiger partial charge in [-0.15, -0.1) is 0 Å². The van der Waals surface area contributed by atoms with Crippen molar-refractivity contribution in [2.24, 2.45) is 0 Å². The molecule has 2 heteroatoms. The molecule has 0 radical (unpaired) electrons. The van der Waals surface area contributed by atoms with Crippen LogP contribution >= 0.6 is 0 Å². The molecular formula is C14H18O2. The highest BCUT2D eigenvalue weighted by atomic mass is 16.5. The van der Waals surface area contributed by atoms with Crippen LogP contribution in [-0.2, 0) is 5.41 Å². The largest absolute Gasteiger partial charge is 0.492 e. The normalized spacial score (nSPS) is 19.8. The zero-order chi connectivity index (χ0) is 11.3. The van der Waals surface area contributed by atoms with E-state index in [4.69, 9.17) is 9.47 Å². The highest BCUT2D eigenvalue weighted by Crippen LogP contribution is 2.59. The maximum Gasteiger partial charge on any atom is 0.129 e. The summed E-state index contributed by atoms with van der Waals surface area (Å²) >= 11 is 0. The van der Waals surface area contributed by atoms with Gasteiger partial charge in [-0.2, -0.15) is 0 Å². The Balaban J connectivity index is 2.10. The molecule has 1 aliphatic heterocycles. The van der Waals surface area contributed by atoms with Gasteiger partial charge in [-0.05, 0) is 45.2 Å². The van der Waals surface area contributed by atoms with Gasteiger partial charge in [0.05, 0.1) is 12.7 Å². The highest BCUT2D eigenvalue weighted by Gasteiger charge is 2.53. The number of ether oxygens (including phenoxy) is 2. The van der Waals surface area contributed by atoms with E-state index in [2.05, 4.69) is 32.9 Å². The van der Waals surface area contributed by atoms with Crippen LogP contribution in [0.5, 0.6) is 11.5 Å². The van der Waals surface area contributed by atoms with Gasteiger partial charge in [-0.3, -0.25) is 0 Å². The van der Waals surface area contributed by atoms with Crippen LogP contribution in [0.3, 0.4) is 0 Å². The SMILES string of the molecule is Cc1ccc(OC(C)C)c2c1OCC21CC1. The molecule has 1 aromatic rings. The lowest BCUT2D eigenvalue weighted by atomic mass is 9.95. The monoisotopic (exact) mass is 218 g/mol. The minimum absolute atomic E-state index is 0.225. The quantitative estimate of drug-likeness (QED) is 0.759. The van der Waals surface area contributed by atoms with Crippen molar-refractivity contribution in [3.8, 4) is 11.5 Å². The Hall–Kier alpha value is -1.18. The topological polar surface area (TPSA) is 18.5 Å². The smallest absolute Gasteiger partial charge is 0.129 e. The summed E-state index contributed by atoms with van der Waals surface area (Å²) in [5.41, 5.74) is 2.86. The Morgan fingerprint density at radius 3 is 2.69 bits per heavy atom. The van der Waals surface area contributed by atoms with Gasteiger partial charge in [0, 0.05) is 11.0 Å². The van der Waals surface area contributed by atoms with Gasteiger partial charge in [0.2, 0.25) is 0 Å². The van der Waals surface area contributed by atoms with Crippen molar-refractivity contribution < 1.29 is 9.47 Å². The molecule has 0 aromatic heterocycles. The lowest BCUT2D eigenvalue weighted by Gasteiger charge is -2.16. The predicted molar refractivity (Wildman–Crippen MR) is 63.4 cm³/mol. The number of benzene rings is 1. The molecule has 2 nitrogen and oxygen atoms in total. The van der Waals surface area contributed by atoms with E-state index in [-0.39, 0.29) is 6.10 Å². The lowest BCUT2D eigenvalue weighted by molar-refractivity contribution is 0.239. The van der Waals surface area contributed by atoms with Gasteiger partial charge >= 0.3 is 0 Å². The van der Waals surface area contributed by atoms with Crippen molar-refractivity contribution in [2.45, 2.75) is 45.1 Å². The molecule has 0 unspecified atom stereocenters. The molecule has 1 heterocycles. The molecule has 1 fully saturated rings. The molecule has 86 valence electrons. The van der Waals surface area contributed by atoms with E-state index < -0.39 is 0 Å². The second-order valence-electron chi connectivity index (χ2n) is 5.32. The summed E-state index contributed by atoms with van der Waals surface area (Å²) in [5, 5.41) is 0. The average molecular weight is 218 g/mol. The average Bonchev–Trinajstić information content (AvgIpc) is 2.86. The van der Waals surface area contributed by atoms with E-state index in [1.165, 1.54) is 24.0 Å². The molecular weight excluding hydrogens is 200 g/mol. The molecule has 1 aliphatic carbocycles. The second-order valence-corrected chi connectivity index (χ2v) is 5.32. The van der Waals surface area contributed by atoms with Gasteiger partial charge in [0.1, 0.15) is 11.5 Å². The molecule has 1 aromatic carbocycles. The summed E-state index contributed by atoms with van der Waals surface area (Å²) in [6.45, 7) is 7.10. The molecule has 0 amide bonds. The minimum Gasteiger partial charge on any atom is -0.492 e. The molecule has 0 atom stereocenters. The Morgan fingerprint density at radius 2 is 2.06 bits per heavy atom. The van der Waals surface area contributed by atoms with Gasteiger partial charge in [0.15, 0.2) is 0 Å². The third kappa shape index (κ3) is 1.32. The van der Waals surface area contributed by atoms with Crippen molar-refractivity contribution >= 4 is 0 Å². The number of hydrogen-bond donors (Lipinski definition) is 0. The third-order valence-corrected chi connectivity index (χ3v) is 3.56. The summed E-state index contributed by atoms with van der Waals surface area (Å²) < 4.78 is 11.8.